The number of ether oxygens (including phenoxy) is 2. The van der Waals surface area contributed by atoms with Crippen molar-refractivity contribution in [3.63, 3.8) is 0 Å². The quantitative estimate of drug-likeness (QED) is 0.685. The highest BCUT2D eigenvalue weighted by Crippen LogP contribution is 2.30. The molecule has 0 unspecified atom stereocenters. The fraction of sp³-hybridized carbons (Fsp3) is 0.421. The third-order valence-electron chi connectivity index (χ3n) is 4.17. The van der Waals surface area contributed by atoms with Crippen LogP contribution in [-0.4, -0.2) is 43.7 Å². The molecule has 0 atom stereocenters. The van der Waals surface area contributed by atoms with E-state index < -0.39 is 0 Å². The van der Waals surface area contributed by atoms with Crippen molar-refractivity contribution >= 4 is 33.2 Å². The molecule has 2 heterocycles. The fourth-order valence-corrected chi connectivity index (χ4v) is 4.31. The largest absolute Gasteiger partial charge is 0.486 e. The van der Waals surface area contributed by atoms with E-state index in [1.807, 2.05) is 24.3 Å². The summed E-state index contributed by atoms with van der Waals surface area (Å²) >= 11 is 5.18. The fourth-order valence-electron chi connectivity index (χ4n) is 2.79. The molecule has 1 aromatic carbocycles. The molecule has 0 radical (unpaired) electrons. The van der Waals surface area contributed by atoms with Crippen LogP contribution in [0.2, 0.25) is 0 Å². The van der Waals surface area contributed by atoms with Crippen molar-refractivity contribution in [3.05, 3.63) is 44.6 Å². The van der Waals surface area contributed by atoms with Crippen molar-refractivity contribution in [2.75, 3.05) is 32.8 Å². The Morgan fingerprint density at radius 3 is 2.77 bits per heavy atom. The monoisotopic (exact) mass is 438 g/mol. The molecule has 1 aliphatic heterocycles. The number of amides is 1. The number of halogens is 1. The first-order valence-corrected chi connectivity index (χ1v) is 10.4. The number of benzene rings is 1. The van der Waals surface area contributed by atoms with Gasteiger partial charge in [-0.3, -0.25) is 9.69 Å². The summed E-state index contributed by atoms with van der Waals surface area (Å²) in [6.45, 7) is 5.91. The Bertz CT molecular complexity index is 750. The molecule has 5 nitrogen and oxygen atoms in total. The van der Waals surface area contributed by atoms with Gasteiger partial charge in [0, 0.05) is 18.0 Å². The van der Waals surface area contributed by atoms with Gasteiger partial charge >= 0.3 is 0 Å². The van der Waals surface area contributed by atoms with Gasteiger partial charge in [0.15, 0.2) is 11.5 Å². The Kier molecular flexibility index (Phi) is 6.93. The van der Waals surface area contributed by atoms with E-state index in [1.165, 1.54) is 4.88 Å². The second-order valence-electron chi connectivity index (χ2n) is 6.09. The number of carbonyl (C=O) groups is 1. The van der Waals surface area contributed by atoms with Gasteiger partial charge in [0.2, 0.25) is 5.91 Å². The average Bonchev–Trinajstić information content (AvgIpc) is 3.06. The molecule has 0 bridgehead atoms. The van der Waals surface area contributed by atoms with E-state index in [0.29, 0.717) is 26.3 Å². The molecule has 0 fully saturated rings. The average molecular weight is 439 g/mol. The van der Waals surface area contributed by atoms with E-state index >= 15 is 0 Å². The zero-order valence-electron chi connectivity index (χ0n) is 14.8. The van der Waals surface area contributed by atoms with Crippen LogP contribution >= 0.6 is 27.3 Å². The second kappa shape index (κ2) is 9.39. The van der Waals surface area contributed by atoms with Crippen LogP contribution in [0.4, 0.5) is 0 Å². The summed E-state index contributed by atoms with van der Waals surface area (Å²) < 4.78 is 12.2. The first-order valence-electron chi connectivity index (χ1n) is 8.76. The minimum Gasteiger partial charge on any atom is -0.486 e. The van der Waals surface area contributed by atoms with E-state index in [0.717, 1.165) is 40.4 Å². The van der Waals surface area contributed by atoms with Crippen LogP contribution in [0.1, 0.15) is 17.4 Å². The summed E-state index contributed by atoms with van der Waals surface area (Å²) in [6, 6.07) is 10.1. The number of rotatable bonds is 8. The van der Waals surface area contributed by atoms with Crippen molar-refractivity contribution < 1.29 is 14.3 Å². The molecule has 26 heavy (non-hydrogen) atoms. The summed E-state index contributed by atoms with van der Waals surface area (Å²) in [5.41, 5.74) is 1.13. The standard InChI is InChI=1S/C19H23BrN2O3S/c1-2-22(12-15-4-6-18(20)26-15)13-19(23)21-8-7-14-3-5-16-17(11-14)25-10-9-24-16/h3-6,11H,2,7-10,12-13H2,1H3,(H,21,23). The molecule has 0 aliphatic carbocycles. The van der Waals surface area contributed by atoms with Gasteiger partial charge in [0.1, 0.15) is 13.2 Å². The molecular formula is C19H23BrN2O3S. The minimum absolute atomic E-state index is 0.0556. The number of nitrogens with zero attached hydrogens (tertiary/aromatic N) is 1. The maximum absolute atomic E-state index is 12.2. The highest BCUT2D eigenvalue weighted by molar-refractivity contribution is 9.11. The van der Waals surface area contributed by atoms with Crippen molar-refractivity contribution in [3.8, 4) is 11.5 Å². The third kappa shape index (κ3) is 5.46. The van der Waals surface area contributed by atoms with Gasteiger partial charge in [0.25, 0.3) is 0 Å². The van der Waals surface area contributed by atoms with Crippen molar-refractivity contribution in [1.82, 2.24) is 10.2 Å². The highest BCUT2D eigenvalue weighted by atomic mass is 79.9. The Morgan fingerprint density at radius 1 is 1.23 bits per heavy atom. The Morgan fingerprint density at radius 2 is 2.04 bits per heavy atom. The smallest absolute Gasteiger partial charge is 0.234 e. The number of hydrogen-bond acceptors (Lipinski definition) is 5. The predicted molar refractivity (Wildman–Crippen MR) is 107 cm³/mol. The molecular weight excluding hydrogens is 416 g/mol. The molecule has 140 valence electrons. The van der Waals surface area contributed by atoms with Gasteiger partial charge in [-0.05, 0) is 58.7 Å². The molecule has 1 aliphatic rings. The Labute approximate surface area is 166 Å². The SMILES string of the molecule is CCN(CC(=O)NCCc1ccc2c(c1)OCCO2)Cc1ccc(Br)s1. The van der Waals surface area contributed by atoms with Crippen LogP contribution in [0.15, 0.2) is 34.1 Å². The zero-order chi connectivity index (χ0) is 18.4. The topological polar surface area (TPSA) is 50.8 Å². The normalized spacial score (nSPS) is 13.0. The van der Waals surface area contributed by atoms with E-state index in [9.17, 15) is 4.79 Å². The van der Waals surface area contributed by atoms with Gasteiger partial charge < -0.3 is 14.8 Å². The predicted octanol–water partition coefficient (Wildman–Crippen LogP) is 3.46. The second-order valence-corrected chi connectivity index (χ2v) is 8.63. The van der Waals surface area contributed by atoms with Crippen LogP contribution in [-0.2, 0) is 17.8 Å². The summed E-state index contributed by atoms with van der Waals surface area (Å²) in [6.07, 6.45) is 0.770. The molecule has 0 saturated carbocycles. The van der Waals surface area contributed by atoms with Crippen LogP contribution in [0.5, 0.6) is 11.5 Å². The van der Waals surface area contributed by atoms with E-state index in [2.05, 4.69) is 39.1 Å². The molecule has 2 aromatic rings. The zero-order valence-corrected chi connectivity index (χ0v) is 17.2. The molecule has 0 saturated heterocycles. The van der Waals surface area contributed by atoms with E-state index in [1.54, 1.807) is 11.3 Å². The first kappa shape index (κ1) is 19.2. The molecule has 1 amide bonds. The number of hydrogen-bond donors (Lipinski definition) is 1. The lowest BCUT2D eigenvalue weighted by Crippen LogP contribution is -2.37. The Balaban J connectivity index is 1.43. The van der Waals surface area contributed by atoms with Gasteiger partial charge in [-0.2, -0.15) is 0 Å². The summed E-state index contributed by atoms with van der Waals surface area (Å²) in [4.78, 5) is 15.6. The molecule has 7 heteroatoms. The lowest BCUT2D eigenvalue weighted by atomic mass is 10.1. The highest BCUT2D eigenvalue weighted by Gasteiger charge is 2.13. The number of nitrogens with one attached hydrogen (secondary N) is 1. The summed E-state index contributed by atoms with van der Waals surface area (Å²) in [5, 5.41) is 3.01. The van der Waals surface area contributed by atoms with Crippen LogP contribution in [0.25, 0.3) is 0 Å². The van der Waals surface area contributed by atoms with Crippen LogP contribution in [0.3, 0.4) is 0 Å². The molecule has 3 rings (SSSR count). The van der Waals surface area contributed by atoms with Crippen LogP contribution < -0.4 is 14.8 Å². The maximum atomic E-state index is 12.2. The first-order chi connectivity index (χ1) is 12.6. The van der Waals surface area contributed by atoms with Crippen LogP contribution in [0, 0.1) is 0 Å². The van der Waals surface area contributed by atoms with Gasteiger partial charge in [0.05, 0.1) is 10.3 Å². The Hall–Kier alpha value is -1.57. The van der Waals surface area contributed by atoms with E-state index in [4.69, 9.17) is 9.47 Å². The van der Waals surface area contributed by atoms with Crippen molar-refractivity contribution in [2.24, 2.45) is 0 Å². The number of likely N-dealkylation sites (N-methyl/N-ethyl adjacent to an activating group) is 1. The third-order valence-corrected chi connectivity index (χ3v) is 5.77. The number of thiophene rings is 1. The molecule has 1 N–H and O–H groups in total. The minimum atomic E-state index is 0.0556. The van der Waals surface area contributed by atoms with Crippen molar-refractivity contribution in [1.29, 1.82) is 0 Å². The summed E-state index contributed by atoms with van der Waals surface area (Å²) in [5.74, 6) is 1.64. The van der Waals surface area contributed by atoms with Crippen molar-refractivity contribution in [2.45, 2.75) is 19.9 Å². The summed E-state index contributed by atoms with van der Waals surface area (Å²) in [7, 11) is 0. The van der Waals surface area contributed by atoms with Gasteiger partial charge in [-0.1, -0.05) is 13.0 Å². The maximum Gasteiger partial charge on any atom is 0.234 e. The lowest BCUT2D eigenvalue weighted by Gasteiger charge is -2.20. The molecule has 0 spiro atoms. The van der Waals surface area contributed by atoms with E-state index in [-0.39, 0.29) is 5.91 Å². The number of carbonyl (C=O) groups excluding carboxylic acids is 1. The van der Waals surface area contributed by atoms with Gasteiger partial charge in [-0.15, -0.1) is 11.3 Å². The lowest BCUT2D eigenvalue weighted by molar-refractivity contribution is -0.122. The van der Waals surface area contributed by atoms with Gasteiger partial charge in [-0.25, -0.2) is 0 Å². The number of fused-ring (bicyclic) bond motifs is 1. The molecule has 1 aromatic heterocycles.